The Bertz CT molecular complexity index is 1100. The van der Waals surface area contributed by atoms with Crippen molar-refractivity contribution >= 4 is 11.4 Å². The van der Waals surface area contributed by atoms with Gasteiger partial charge in [0.05, 0.1) is 28.7 Å². The second-order valence-electron chi connectivity index (χ2n) is 6.83. The first-order valence-electron chi connectivity index (χ1n) is 8.98. The predicted octanol–water partition coefficient (Wildman–Crippen LogP) is 4.80. The molecule has 0 saturated carbocycles. The highest BCUT2D eigenvalue weighted by Crippen LogP contribution is 2.39. The topological polar surface area (TPSA) is 88.6 Å². The van der Waals surface area contributed by atoms with Crippen molar-refractivity contribution in [2.75, 3.05) is 18.1 Å². The molecule has 2 unspecified atom stereocenters. The number of hydrogen-bond donors (Lipinski definition) is 0. The molecule has 2 atom stereocenters. The van der Waals surface area contributed by atoms with Crippen LogP contribution in [-0.4, -0.2) is 36.6 Å². The Morgan fingerprint density at radius 3 is 2.42 bits per heavy atom. The Balaban J connectivity index is 1.82. The van der Waals surface area contributed by atoms with Gasteiger partial charge in [-0.1, -0.05) is 0 Å². The molecule has 1 saturated heterocycles. The van der Waals surface area contributed by atoms with Gasteiger partial charge in [-0.25, -0.2) is 0 Å². The lowest BCUT2D eigenvalue weighted by Crippen LogP contribution is -2.42. The van der Waals surface area contributed by atoms with E-state index in [1.165, 1.54) is 6.07 Å². The van der Waals surface area contributed by atoms with E-state index in [-0.39, 0.29) is 5.75 Å². The summed E-state index contributed by atoms with van der Waals surface area (Å²) in [5, 5.41) is 19.5. The summed E-state index contributed by atoms with van der Waals surface area (Å²) < 4.78 is 104. The van der Waals surface area contributed by atoms with E-state index in [0.29, 0.717) is 17.0 Å². The molecule has 0 bridgehead atoms. The van der Waals surface area contributed by atoms with Gasteiger partial charge in [-0.3, -0.25) is 10.1 Å². The third-order valence-corrected chi connectivity index (χ3v) is 4.60. The molecule has 1 aliphatic heterocycles. The molecule has 0 aliphatic carbocycles. The van der Waals surface area contributed by atoms with Crippen molar-refractivity contribution in [1.82, 2.24) is 0 Å². The maximum atomic E-state index is 13.7. The number of alkyl halides is 6. The number of nitriles is 1. The number of nitro benzene ring substituents is 1. The van der Waals surface area contributed by atoms with Crippen LogP contribution in [-0.2, 0) is 10.9 Å². The van der Waals surface area contributed by atoms with Gasteiger partial charge in [0.2, 0.25) is 12.0 Å². The zero-order chi connectivity index (χ0) is 24.6. The molecule has 3 rings (SSSR count). The van der Waals surface area contributed by atoms with Gasteiger partial charge in [0.25, 0.3) is 0 Å². The third kappa shape index (κ3) is 5.25. The van der Waals surface area contributed by atoms with Crippen molar-refractivity contribution in [3.05, 3.63) is 63.5 Å². The highest BCUT2D eigenvalue weighted by molar-refractivity contribution is 5.56. The van der Waals surface area contributed by atoms with E-state index in [4.69, 9.17) is 14.7 Å². The van der Waals surface area contributed by atoms with E-state index in [2.05, 4.69) is 0 Å². The molecule has 0 radical (unpaired) electrons. The van der Waals surface area contributed by atoms with Crippen molar-refractivity contribution in [3.63, 3.8) is 0 Å². The molecule has 1 fully saturated rings. The SMILES string of the molecule is N#Cc1ccc(N2CC(COc3ccc([N+](=O)[O-])c(F)c3)OC2C(F)(F)F)cc1C(F)(F)F. The van der Waals surface area contributed by atoms with E-state index in [9.17, 15) is 40.8 Å². The summed E-state index contributed by atoms with van der Waals surface area (Å²) in [6, 6.07) is 5.97. The number of ether oxygens (including phenoxy) is 2. The molecule has 0 spiro atoms. The van der Waals surface area contributed by atoms with Gasteiger partial charge in [0.1, 0.15) is 18.5 Å². The van der Waals surface area contributed by atoms with E-state index in [1.54, 1.807) is 0 Å². The van der Waals surface area contributed by atoms with Gasteiger partial charge >= 0.3 is 18.0 Å². The van der Waals surface area contributed by atoms with Crippen LogP contribution in [0.3, 0.4) is 0 Å². The standard InChI is InChI=1S/C19H12F7N3O4/c20-15-6-12(3-4-16(15)29(30)31)32-9-13-8-28(17(33-13)19(24,25)26)11-2-1-10(7-27)14(5-11)18(21,22)23/h1-6,13,17H,8-9H2. The first kappa shape index (κ1) is 24.1. The molecule has 33 heavy (non-hydrogen) atoms. The second-order valence-corrected chi connectivity index (χ2v) is 6.83. The number of benzene rings is 2. The Hall–Kier alpha value is -3.60. The van der Waals surface area contributed by atoms with Crippen molar-refractivity contribution in [3.8, 4) is 11.8 Å². The molecular formula is C19H12F7N3O4. The Labute approximate surface area is 180 Å². The molecule has 2 aromatic carbocycles. The Kier molecular flexibility index (Phi) is 6.37. The molecule has 1 aliphatic rings. The van der Waals surface area contributed by atoms with E-state index >= 15 is 0 Å². The van der Waals surface area contributed by atoms with Crippen molar-refractivity contribution in [2.24, 2.45) is 0 Å². The van der Waals surface area contributed by atoms with Crippen molar-refractivity contribution in [1.29, 1.82) is 5.26 Å². The smallest absolute Gasteiger partial charge is 0.433 e. The number of rotatable bonds is 5. The fourth-order valence-corrected chi connectivity index (χ4v) is 3.16. The van der Waals surface area contributed by atoms with E-state index in [0.717, 1.165) is 24.3 Å². The summed E-state index contributed by atoms with van der Waals surface area (Å²) in [5.41, 5.74) is -3.46. The van der Waals surface area contributed by atoms with Gasteiger partial charge in [0, 0.05) is 17.8 Å². The lowest BCUT2D eigenvalue weighted by atomic mass is 10.1. The minimum atomic E-state index is -4.99. The predicted molar refractivity (Wildman–Crippen MR) is 96.8 cm³/mol. The number of nitrogens with zero attached hydrogens (tertiary/aromatic N) is 3. The monoisotopic (exact) mass is 479 g/mol. The van der Waals surface area contributed by atoms with E-state index < -0.39 is 71.1 Å². The van der Waals surface area contributed by atoms with Gasteiger partial charge < -0.3 is 14.4 Å². The summed E-state index contributed by atoms with van der Waals surface area (Å²) >= 11 is 0. The van der Waals surface area contributed by atoms with Crippen LogP contribution in [0.1, 0.15) is 11.1 Å². The summed E-state index contributed by atoms with van der Waals surface area (Å²) in [7, 11) is 0. The van der Waals surface area contributed by atoms with Crippen molar-refractivity contribution < 1.29 is 45.1 Å². The molecule has 0 amide bonds. The summed E-state index contributed by atoms with van der Waals surface area (Å²) in [6.45, 7) is -1.09. The zero-order valence-corrected chi connectivity index (χ0v) is 16.2. The van der Waals surface area contributed by atoms with Gasteiger partial charge in [-0.2, -0.15) is 36.0 Å². The zero-order valence-electron chi connectivity index (χ0n) is 16.2. The quantitative estimate of drug-likeness (QED) is 0.348. The molecule has 7 nitrogen and oxygen atoms in total. The summed E-state index contributed by atoms with van der Waals surface area (Å²) in [4.78, 5) is 10.2. The largest absolute Gasteiger partial charge is 0.491 e. The highest BCUT2D eigenvalue weighted by atomic mass is 19.4. The highest BCUT2D eigenvalue weighted by Gasteiger charge is 2.51. The maximum absolute atomic E-state index is 13.7. The Morgan fingerprint density at radius 2 is 1.88 bits per heavy atom. The lowest BCUT2D eigenvalue weighted by molar-refractivity contribution is -0.387. The first-order chi connectivity index (χ1) is 15.3. The van der Waals surface area contributed by atoms with E-state index in [1.807, 2.05) is 0 Å². The van der Waals surface area contributed by atoms with Crippen LogP contribution in [0.15, 0.2) is 36.4 Å². The maximum Gasteiger partial charge on any atom is 0.433 e. The van der Waals surface area contributed by atoms with Gasteiger partial charge in [-0.15, -0.1) is 0 Å². The fourth-order valence-electron chi connectivity index (χ4n) is 3.16. The minimum Gasteiger partial charge on any atom is -0.491 e. The van der Waals surface area contributed by atoms with Gasteiger partial charge in [-0.05, 0) is 24.3 Å². The van der Waals surface area contributed by atoms with Crippen LogP contribution < -0.4 is 9.64 Å². The first-order valence-corrected chi connectivity index (χ1v) is 8.98. The van der Waals surface area contributed by atoms with Crippen LogP contribution in [0.25, 0.3) is 0 Å². The lowest BCUT2D eigenvalue weighted by Gasteiger charge is -2.27. The molecule has 14 heteroatoms. The van der Waals surface area contributed by atoms with Crippen LogP contribution in [0, 0.1) is 27.3 Å². The molecule has 1 heterocycles. The summed E-state index contributed by atoms with van der Waals surface area (Å²) in [6.07, 6.45) is -13.9. The third-order valence-electron chi connectivity index (χ3n) is 4.60. The molecule has 0 aromatic heterocycles. The van der Waals surface area contributed by atoms with Crippen molar-refractivity contribution in [2.45, 2.75) is 24.7 Å². The van der Waals surface area contributed by atoms with Crippen LogP contribution in [0.4, 0.5) is 42.1 Å². The number of hydrogen-bond acceptors (Lipinski definition) is 6. The molecular weight excluding hydrogens is 467 g/mol. The summed E-state index contributed by atoms with van der Waals surface area (Å²) in [5.74, 6) is -1.45. The molecule has 176 valence electrons. The molecule has 0 N–H and O–H groups in total. The number of anilines is 1. The second kappa shape index (κ2) is 8.74. The average molecular weight is 479 g/mol. The molecule has 2 aromatic rings. The average Bonchev–Trinajstić information content (AvgIpc) is 3.16. The fraction of sp³-hybridized carbons (Fsp3) is 0.316. The van der Waals surface area contributed by atoms with Crippen LogP contribution >= 0.6 is 0 Å². The Morgan fingerprint density at radius 1 is 1.18 bits per heavy atom. The normalized spacial score (nSPS) is 18.8. The number of halogens is 7. The number of nitro groups is 1. The van der Waals surface area contributed by atoms with Crippen LogP contribution in [0.2, 0.25) is 0 Å². The van der Waals surface area contributed by atoms with Crippen LogP contribution in [0.5, 0.6) is 5.75 Å². The van der Waals surface area contributed by atoms with Gasteiger partial charge in [0.15, 0.2) is 0 Å². The minimum absolute atomic E-state index is 0.221.